The standard InChI is InChI=1S/C7H6ClN3/c8-6-4-11-5(1-2-9)3-7(6)10/h3-4H,1H2,(H2,10,11). The van der Waals surface area contributed by atoms with Crippen molar-refractivity contribution in [2.45, 2.75) is 6.42 Å². The van der Waals surface area contributed by atoms with Gasteiger partial charge in [0.1, 0.15) is 0 Å². The minimum Gasteiger partial charge on any atom is -0.397 e. The Labute approximate surface area is 69.4 Å². The van der Waals surface area contributed by atoms with Crippen molar-refractivity contribution in [2.24, 2.45) is 0 Å². The highest BCUT2D eigenvalue weighted by Crippen LogP contribution is 2.16. The third-order valence-electron chi connectivity index (χ3n) is 1.20. The van der Waals surface area contributed by atoms with Gasteiger partial charge >= 0.3 is 0 Å². The second-order valence-electron chi connectivity index (χ2n) is 2.03. The van der Waals surface area contributed by atoms with Gasteiger partial charge in [-0.3, -0.25) is 4.98 Å². The number of aromatic nitrogens is 1. The molecule has 11 heavy (non-hydrogen) atoms. The molecule has 0 saturated carbocycles. The molecule has 0 radical (unpaired) electrons. The molecule has 1 heterocycles. The van der Waals surface area contributed by atoms with Crippen molar-refractivity contribution in [3.63, 3.8) is 0 Å². The SMILES string of the molecule is N#CCc1cc(N)c(Cl)cn1. The molecular weight excluding hydrogens is 162 g/mol. The maximum absolute atomic E-state index is 8.32. The molecule has 0 atom stereocenters. The molecule has 56 valence electrons. The van der Waals surface area contributed by atoms with Crippen LogP contribution >= 0.6 is 11.6 Å². The molecule has 0 aliphatic heterocycles. The Bertz CT molecular complexity index is 303. The first kappa shape index (κ1) is 7.83. The Balaban J connectivity index is 2.98. The predicted octanol–water partition coefficient (Wildman–Crippen LogP) is 1.38. The molecule has 3 nitrogen and oxygen atoms in total. The molecule has 0 bridgehead atoms. The van der Waals surface area contributed by atoms with Gasteiger partial charge in [0, 0.05) is 6.20 Å². The first-order valence-electron chi connectivity index (χ1n) is 3.01. The van der Waals surface area contributed by atoms with Crippen molar-refractivity contribution in [1.82, 2.24) is 4.98 Å². The van der Waals surface area contributed by atoms with Gasteiger partial charge in [-0.2, -0.15) is 5.26 Å². The van der Waals surface area contributed by atoms with Crippen LogP contribution in [-0.4, -0.2) is 4.98 Å². The molecule has 0 aromatic carbocycles. The minimum absolute atomic E-state index is 0.265. The molecule has 4 heteroatoms. The highest BCUT2D eigenvalue weighted by atomic mass is 35.5. The van der Waals surface area contributed by atoms with Crippen molar-refractivity contribution < 1.29 is 0 Å². The first-order chi connectivity index (χ1) is 5.24. The van der Waals surface area contributed by atoms with E-state index < -0.39 is 0 Å². The summed E-state index contributed by atoms with van der Waals surface area (Å²) in [5.74, 6) is 0. The quantitative estimate of drug-likeness (QED) is 0.688. The topological polar surface area (TPSA) is 62.7 Å². The van der Waals surface area contributed by atoms with E-state index >= 15 is 0 Å². The summed E-state index contributed by atoms with van der Waals surface area (Å²) < 4.78 is 0. The van der Waals surface area contributed by atoms with Crippen LogP contribution in [0.15, 0.2) is 12.3 Å². The van der Waals surface area contributed by atoms with E-state index in [0.717, 1.165) is 0 Å². The van der Waals surface area contributed by atoms with E-state index in [1.807, 2.05) is 6.07 Å². The summed E-state index contributed by atoms with van der Waals surface area (Å²) in [6.45, 7) is 0. The number of hydrogen-bond donors (Lipinski definition) is 1. The monoisotopic (exact) mass is 167 g/mol. The maximum Gasteiger partial charge on any atom is 0.0818 e. The molecule has 0 spiro atoms. The third-order valence-corrected chi connectivity index (χ3v) is 1.52. The lowest BCUT2D eigenvalue weighted by Gasteiger charge is -1.97. The zero-order valence-electron chi connectivity index (χ0n) is 5.71. The van der Waals surface area contributed by atoms with Crippen LogP contribution in [0.5, 0.6) is 0 Å². The summed E-state index contributed by atoms with van der Waals surface area (Å²) in [4.78, 5) is 3.89. The van der Waals surface area contributed by atoms with E-state index in [1.54, 1.807) is 6.07 Å². The van der Waals surface area contributed by atoms with Gasteiger partial charge in [0.15, 0.2) is 0 Å². The van der Waals surface area contributed by atoms with Crippen molar-refractivity contribution in [3.8, 4) is 6.07 Å². The van der Waals surface area contributed by atoms with E-state index in [-0.39, 0.29) is 6.42 Å². The second kappa shape index (κ2) is 3.22. The van der Waals surface area contributed by atoms with Crippen LogP contribution in [0.2, 0.25) is 5.02 Å². The van der Waals surface area contributed by atoms with Crippen LogP contribution in [0.25, 0.3) is 0 Å². The van der Waals surface area contributed by atoms with Gasteiger partial charge in [-0.1, -0.05) is 11.6 Å². The molecule has 0 fully saturated rings. The number of hydrogen-bond acceptors (Lipinski definition) is 3. The largest absolute Gasteiger partial charge is 0.397 e. The summed E-state index contributed by atoms with van der Waals surface area (Å²) in [6, 6.07) is 3.57. The van der Waals surface area contributed by atoms with Gasteiger partial charge in [0.2, 0.25) is 0 Å². The van der Waals surface area contributed by atoms with Crippen molar-refractivity contribution in [1.29, 1.82) is 5.26 Å². The van der Waals surface area contributed by atoms with Crippen LogP contribution < -0.4 is 5.73 Å². The molecule has 1 aromatic rings. The zero-order valence-corrected chi connectivity index (χ0v) is 6.47. The molecule has 0 unspecified atom stereocenters. The van der Waals surface area contributed by atoms with Crippen LogP contribution in [0.1, 0.15) is 5.69 Å². The Morgan fingerprint density at radius 2 is 2.45 bits per heavy atom. The lowest BCUT2D eigenvalue weighted by Crippen LogP contribution is -1.92. The lowest BCUT2D eigenvalue weighted by molar-refractivity contribution is 1.12. The Kier molecular flexibility index (Phi) is 2.29. The number of halogens is 1. The number of nitrogens with zero attached hydrogens (tertiary/aromatic N) is 2. The van der Waals surface area contributed by atoms with E-state index in [1.165, 1.54) is 6.20 Å². The number of nitriles is 1. The third kappa shape index (κ3) is 1.82. The van der Waals surface area contributed by atoms with Gasteiger partial charge in [0.25, 0.3) is 0 Å². The minimum atomic E-state index is 0.265. The van der Waals surface area contributed by atoms with Crippen molar-refractivity contribution in [3.05, 3.63) is 23.0 Å². The molecule has 0 aliphatic rings. The highest BCUT2D eigenvalue weighted by Gasteiger charge is 1.98. The number of nitrogens with two attached hydrogens (primary N) is 1. The predicted molar refractivity (Wildman–Crippen MR) is 43.0 cm³/mol. The average molecular weight is 168 g/mol. The van der Waals surface area contributed by atoms with Crippen molar-refractivity contribution >= 4 is 17.3 Å². The molecule has 1 aromatic heterocycles. The van der Waals surface area contributed by atoms with E-state index in [0.29, 0.717) is 16.4 Å². The van der Waals surface area contributed by atoms with Gasteiger partial charge in [-0.15, -0.1) is 0 Å². The smallest absolute Gasteiger partial charge is 0.0818 e. The average Bonchev–Trinajstić information content (AvgIpc) is 1.98. The number of rotatable bonds is 1. The highest BCUT2D eigenvalue weighted by molar-refractivity contribution is 6.32. The maximum atomic E-state index is 8.32. The summed E-state index contributed by atoms with van der Waals surface area (Å²) >= 11 is 5.61. The molecule has 1 rings (SSSR count). The number of pyridine rings is 1. The van der Waals surface area contributed by atoms with E-state index in [4.69, 9.17) is 22.6 Å². The van der Waals surface area contributed by atoms with Gasteiger partial charge in [-0.25, -0.2) is 0 Å². The van der Waals surface area contributed by atoms with Gasteiger partial charge < -0.3 is 5.73 Å². The van der Waals surface area contributed by atoms with Crippen LogP contribution in [0.4, 0.5) is 5.69 Å². The summed E-state index contributed by atoms with van der Waals surface area (Å²) in [7, 11) is 0. The molecule has 0 saturated heterocycles. The Morgan fingerprint density at radius 1 is 1.73 bits per heavy atom. The van der Waals surface area contributed by atoms with Gasteiger partial charge in [-0.05, 0) is 6.07 Å². The van der Waals surface area contributed by atoms with E-state index in [2.05, 4.69) is 4.98 Å². The second-order valence-corrected chi connectivity index (χ2v) is 2.44. The lowest BCUT2D eigenvalue weighted by atomic mass is 10.3. The van der Waals surface area contributed by atoms with Gasteiger partial charge in [0.05, 0.1) is 28.9 Å². The zero-order chi connectivity index (χ0) is 8.27. The molecule has 0 aliphatic carbocycles. The number of nitrogen functional groups attached to an aromatic ring is 1. The van der Waals surface area contributed by atoms with E-state index in [9.17, 15) is 0 Å². The summed E-state index contributed by atoms with van der Waals surface area (Å²) in [6.07, 6.45) is 1.71. The van der Waals surface area contributed by atoms with Crippen molar-refractivity contribution in [2.75, 3.05) is 5.73 Å². The van der Waals surface area contributed by atoms with Crippen LogP contribution in [-0.2, 0) is 6.42 Å². The fourth-order valence-electron chi connectivity index (χ4n) is 0.678. The number of anilines is 1. The fraction of sp³-hybridized carbons (Fsp3) is 0.143. The first-order valence-corrected chi connectivity index (χ1v) is 3.38. The molecule has 0 amide bonds. The summed E-state index contributed by atoms with van der Waals surface area (Å²) in [5.41, 5.74) is 6.58. The Morgan fingerprint density at radius 3 is 3.00 bits per heavy atom. The summed E-state index contributed by atoms with van der Waals surface area (Å²) in [5, 5.41) is 8.74. The molecule has 2 N–H and O–H groups in total. The normalized spacial score (nSPS) is 9.09. The fourth-order valence-corrected chi connectivity index (χ4v) is 0.781. The molecular formula is C7H6ClN3. The van der Waals surface area contributed by atoms with Crippen LogP contribution in [0, 0.1) is 11.3 Å². The van der Waals surface area contributed by atoms with Crippen LogP contribution in [0.3, 0.4) is 0 Å². The Hall–Kier alpha value is -1.27.